The maximum absolute atomic E-state index is 3.78. The highest BCUT2D eigenvalue weighted by Crippen LogP contribution is 2.35. The summed E-state index contributed by atoms with van der Waals surface area (Å²) in [5.74, 6) is 0.628. The molecular weight excluding hydrogens is 307 g/mol. The van der Waals surface area contributed by atoms with Gasteiger partial charge in [-0.05, 0) is 30.4 Å². The zero-order valence-corrected chi connectivity index (χ0v) is 11.6. The van der Waals surface area contributed by atoms with Crippen LogP contribution in [0.4, 0.5) is 0 Å². The molecule has 84 valence electrons. The third kappa shape index (κ3) is 2.76. The number of halogens is 1. The number of hydrogen-bond donors (Lipinski definition) is 0. The molecule has 0 saturated heterocycles. The van der Waals surface area contributed by atoms with E-state index in [2.05, 4.69) is 65.6 Å². The smallest absolute Gasteiger partial charge is 0.0121 e. The Bertz CT molecular complexity index is 392. The molecule has 2 unspecified atom stereocenters. The van der Waals surface area contributed by atoms with E-state index < -0.39 is 0 Å². The van der Waals surface area contributed by atoms with Crippen molar-refractivity contribution >= 4 is 28.7 Å². The van der Waals surface area contributed by atoms with E-state index in [-0.39, 0.29) is 0 Å². The Hall–Kier alpha value is -0.570. The quantitative estimate of drug-likeness (QED) is 0.408. The highest BCUT2D eigenvalue weighted by Gasteiger charge is 2.19. The normalized spacial score (nSPS) is 19.4. The standard InChI is InChI=1S/C15H17I/c1-2-3-7-14(16)11-13-10-9-12-6-4-5-8-15(12)13/h2,4-6,8-10,13-14H,1,3,7,11H2. The van der Waals surface area contributed by atoms with Crippen molar-refractivity contribution in [2.24, 2.45) is 0 Å². The molecular formula is C15H17I. The summed E-state index contributed by atoms with van der Waals surface area (Å²) in [6, 6.07) is 8.73. The Morgan fingerprint density at radius 1 is 1.38 bits per heavy atom. The van der Waals surface area contributed by atoms with Crippen molar-refractivity contribution in [1.29, 1.82) is 0 Å². The van der Waals surface area contributed by atoms with Crippen LogP contribution in [0.1, 0.15) is 36.3 Å². The fraction of sp³-hybridized carbons (Fsp3) is 0.333. The molecule has 1 aromatic carbocycles. The lowest BCUT2D eigenvalue weighted by molar-refractivity contribution is 0.682. The first kappa shape index (κ1) is 11.9. The van der Waals surface area contributed by atoms with Crippen LogP contribution in [0.15, 0.2) is 43.0 Å². The molecule has 0 nitrogen and oxygen atoms in total. The highest BCUT2D eigenvalue weighted by molar-refractivity contribution is 14.1. The summed E-state index contributed by atoms with van der Waals surface area (Å²) < 4.78 is 0.747. The predicted octanol–water partition coefficient (Wildman–Crippen LogP) is 4.96. The summed E-state index contributed by atoms with van der Waals surface area (Å²) in [7, 11) is 0. The van der Waals surface area contributed by atoms with E-state index in [9.17, 15) is 0 Å². The average Bonchev–Trinajstić information content (AvgIpc) is 2.70. The van der Waals surface area contributed by atoms with Crippen molar-refractivity contribution in [2.45, 2.75) is 29.1 Å². The minimum Gasteiger partial charge on any atom is -0.103 e. The minimum absolute atomic E-state index is 0.628. The summed E-state index contributed by atoms with van der Waals surface area (Å²) in [4.78, 5) is 0. The molecule has 2 atom stereocenters. The maximum Gasteiger partial charge on any atom is 0.0121 e. The number of benzene rings is 1. The van der Waals surface area contributed by atoms with Crippen molar-refractivity contribution in [3.63, 3.8) is 0 Å². The fourth-order valence-corrected chi connectivity index (χ4v) is 3.13. The molecule has 0 radical (unpaired) electrons. The lowest BCUT2D eigenvalue weighted by Crippen LogP contribution is -2.03. The van der Waals surface area contributed by atoms with Crippen molar-refractivity contribution in [2.75, 3.05) is 0 Å². The first-order valence-electron chi connectivity index (χ1n) is 5.83. The van der Waals surface area contributed by atoms with Crippen LogP contribution in [-0.2, 0) is 0 Å². The molecule has 0 saturated carbocycles. The molecule has 0 aromatic heterocycles. The number of alkyl halides is 1. The summed E-state index contributed by atoms with van der Waals surface area (Å²) >= 11 is 2.57. The number of allylic oxidation sites excluding steroid dienone is 2. The van der Waals surface area contributed by atoms with Gasteiger partial charge >= 0.3 is 0 Å². The largest absolute Gasteiger partial charge is 0.103 e. The molecule has 1 heteroatoms. The first-order valence-corrected chi connectivity index (χ1v) is 7.08. The van der Waals surface area contributed by atoms with Crippen LogP contribution in [0, 0.1) is 0 Å². The Kier molecular flexibility index (Phi) is 4.22. The van der Waals surface area contributed by atoms with E-state index in [0.717, 1.165) is 10.3 Å². The molecule has 1 aliphatic carbocycles. The van der Waals surface area contributed by atoms with Gasteiger partial charge in [-0.2, -0.15) is 0 Å². The van der Waals surface area contributed by atoms with Crippen LogP contribution >= 0.6 is 22.6 Å². The van der Waals surface area contributed by atoms with Crippen LogP contribution in [0.25, 0.3) is 6.08 Å². The second-order valence-corrected chi connectivity index (χ2v) is 6.06. The SMILES string of the molecule is C=CCCC(I)CC1C=Cc2ccccc21. The van der Waals surface area contributed by atoms with Gasteiger partial charge in [-0.15, -0.1) is 6.58 Å². The van der Waals surface area contributed by atoms with Crippen molar-refractivity contribution in [3.8, 4) is 0 Å². The van der Waals surface area contributed by atoms with Crippen LogP contribution in [-0.4, -0.2) is 3.92 Å². The number of fused-ring (bicyclic) bond motifs is 1. The molecule has 0 heterocycles. The van der Waals surface area contributed by atoms with Gasteiger partial charge in [-0.1, -0.05) is 65.1 Å². The summed E-state index contributed by atoms with van der Waals surface area (Å²) in [6.45, 7) is 3.78. The lowest BCUT2D eigenvalue weighted by Gasteiger charge is -2.15. The van der Waals surface area contributed by atoms with Crippen molar-refractivity contribution in [1.82, 2.24) is 0 Å². The monoisotopic (exact) mass is 324 g/mol. The molecule has 16 heavy (non-hydrogen) atoms. The third-order valence-electron chi connectivity index (χ3n) is 3.10. The van der Waals surface area contributed by atoms with E-state index in [1.807, 2.05) is 6.08 Å². The highest BCUT2D eigenvalue weighted by atomic mass is 127. The average molecular weight is 324 g/mol. The molecule has 0 spiro atoms. The van der Waals surface area contributed by atoms with Gasteiger partial charge in [0.05, 0.1) is 0 Å². The van der Waals surface area contributed by atoms with Gasteiger partial charge in [0.1, 0.15) is 0 Å². The fourth-order valence-electron chi connectivity index (χ4n) is 2.22. The van der Waals surface area contributed by atoms with E-state index >= 15 is 0 Å². The van der Waals surface area contributed by atoms with E-state index in [1.54, 1.807) is 0 Å². The summed E-state index contributed by atoms with van der Waals surface area (Å²) in [5.41, 5.74) is 2.91. The molecule has 1 aromatic rings. The topological polar surface area (TPSA) is 0 Å². The summed E-state index contributed by atoms with van der Waals surface area (Å²) in [6.07, 6.45) is 10.3. The van der Waals surface area contributed by atoms with Gasteiger partial charge in [0.25, 0.3) is 0 Å². The van der Waals surface area contributed by atoms with Crippen molar-refractivity contribution in [3.05, 3.63) is 54.1 Å². The molecule has 2 rings (SSSR count). The molecule has 1 aliphatic rings. The number of rotatable bonds is 5. The molecule has 0 bridgehead atoms. The Balaban J connectivity index is 1.98. The number of hydrogen-bond acceptors (Lipinski definition) is 0. The van der Waals surface area contributed by atoms with Crippen LogP contribution in [0.2, 0.25) is 0 Å². The second kappa shape index (κ2) is 5.67. The Labute approximate surface area is 112 Å². The second-order valence-electron chi connectivity index (χ2n) is 4.29. The zero-order chi connectivity index (χ0) is 11.4. The maximum atomic E-state index is 3.78. The van der Waals surface area contributed by atoms with Gasteiger partial charge in [0.2, 0.25) is 0 Å². The van der Waals surface area contributed by atoms with Gasteiger partial charge in [-0.3, -0.25) is 0 Å². The van der Waals surface area contributed by atoms with Crippen LogP contribution < -0.4 is 0 Å². The van der Waals surface area contributed by atoms with Gasteiger partial charge in [-0.25, -0.2) is 0 Å². The van der Waals surface area contributed by atoms with E-state index in [4.69, 9.17) is 0 Å². The zero-order valence-electron chi connectivity index (χ0n) is 9.40. The molecule has 0 aliphatic heterocycles. The third-order valence-corrected chi connectivity index (χ3v) is 4.23. The lowest BCUT2D eigenvalue weighted by atomic mass is 9.95. The van der Waals surface area contributed by atoms with Gasteiger partial charge < -0.3 is 0 Å². The van der Waals surface area contributed by atoms with Gasteiger partial charge in [0, 0.05) is 9.84 Å². The Morgan fingerprint density at radius 3 is 3.00 bits per heavy atom. The Morgan fingerprint density at radius 2 is 2.19 bits per heavy atom. The van der Waals surface area contributed by atoms with Crippen LogP contribution in [0.5, 0.6) is 0 Å². The predicted molar refractivity (Wildman–Crippen MR) is 80.1 cm³/mol. The molecule has 0 N–H and O–H groups in total. The first-order chi connectivity index (χ1) is 7.81. The minimum atomic E-state index is 0.628. The van der Waals surface area contributed by atoms with Crippen molar-refractivity contribution < 1.29 is 0 Å². The summed E-state index contributed by atoms with van der Waals surface area (Å²) in [5, 5.41) is 0. The molecule has 0 amide bonds. The van der Waals surface area contributed by atoms with Gasteiger partial charge in [0.15, 0.2) is 0 Å². The molecule has 0 fully saturated rings. The van der Waals surface area contributed by atoms with E-state index in [1.165, 1.54) is 24.0 Å². The van der Waals surface area contributed by atoms with Crippen LogP contribution in [0.3, 0.4) is 0 Å². The van der Waals surface area contributed by atoms with E-state index in [0.29, 0.717) is 5.92 Å².